The van der Waals surface area contributed by atoms with Crippen LogP contribution in [0.2, 0.25) is 0 Å². The van der Waals surface area contributed by atoms with Gasteiger partial charge in [0.1, 0.15) is 18.0 Å². The summed E-state index contributed by atoms with van der Waals surface area (Å²) in [5, 5.41) is 0. The van der Waals surface area contributed by atoms with E-state index in [1.807, 2.05) is 54.6 Å². The van der Waals surface area contributed by atoms with Gasteiger partial charge in [0, 0.05) is 24.7 Å². The fourth-order valence-electron chi connectivity index (χ4n) is 5.52. The molecule has 0 unspecified atom stereocenters. The summed E-state index contributed by atoms with van der Waals surface area (Å²) in [6.07, 6.45) is 7.38. The van der Waals surface area contributed by atoms with Crippen molar-refractivity contribution < 1.29 is 32.6 Å². The predicted molar refractivity (Wildman–Crippen MR) is 156 cm³/mol. The highest BCUT2D eigenvalue weighted by Gasteiger charge is 2.46. The summed E-state index contributed by atoms with van der Waals surface area (Å²) < 4.78 is 46.9. The normalized spacial score (nSPS) is 22.8. The number of esters is 2. The van der Waals surface area contributed by atoms with Gasteiger partial charge < -0.3 is 14.2 Å². The third kappa shape index (κ3) is 7.72. The van der Waals surface area contributed by atoms with Crippen LogP contribution in [0.4, 0.5) is 8.78 Å². The van der Waals surface area contributed by atoms with Crippen LogP contribution in [0.1, 0.15) is 42.5 Å². The summed E-state index contributed by atoms with van der Waals surface area (Å²) in [6.45, 7) is -0.832. The molecule has 3 aromatic carbocycles. The zero-order valence-electron chi connectivity index (χ0n) is 23.2. The molecule has 0 N–H and O–H groups in total. The van der Waals surface area contributed by atoms with E-state index >= 15 is 0 Å². The second-order valence-corrected chi connectivity index (χ2v) is 10.7. The highest BCUT2D eigenvalue weighted by Crippen LogP contribution is 2.41. The third-order valence-corrected chi connectivity index (χ3v) is 7.70. The smallest absolute Gasteiger partial charge is 0.338 e. The molecule has 218 valence electrons. The molecule has 42 heavy (non-hydrogen) atoms. The van der Waals surface area contributed by atoms with Crippen molar-refractivity contribution in [3.05, 3.63) is 115 Å². The Balaban J connectivity index is 1.34. The van der Waals surface area contributed by atoms with Crippen LogP contribution >= 0.6 is 0 Å². The van der Waals surface area contributed by atoms with Crippen molar-refractivity contribution in [1.29, 1.82) is 0 Å². The van der Waals surface area contributed by atoms with E-state index in [1.54, 1.807) is 42.5 Å². The summed E-state index contributed by atoms with van der Waals surface area (Å²) in [5.41, 5.74) is 2.33. The second-order valence-electron chi connectivity index (χ2n) is 10.7. The van der Waals surface area contributed by atoms with Gasteiger partial charge in [-0.3, -0.25) is 4.79 Å². The van der Waals surface area contributed by atoms with Gasteiger partial charge in [-0.1, -0.05) is 78.9 Å². The number of rotatable bonds is 8. The van der Waals surface area contributed by atoms with Crippen molar-refractivity contribution in [2.75, 3.05) is 6.61 Å². The lowest BCUT2D eigenvalue weighted by molar-refractivity contribution is -0.151. The quantitative estimate of drug-likeness (QED) is 0.203. The Morgan fingerprint density at radius 2 is 1.62 bits per heavy atom. The summed E-state index contributed by atoms with van der Waals surface area (Å²) >= 11 is 0. The number of hydrogen-bond acceptors (Lipinski definition) is 5. The van der Waals surface area contributed by atoms with Crippen molar-refractivity contribution in [2.45, 2.75) is 50.2 Å². The molecule has 2 aliphatic rings. The number of alkyl halides is 2. The molecular formula is C35H34F2O5. The maximum absolute atomic E-state index is 14.9. The Morgan fingerprint density at radius 1 is 0.929 bits per heavy atom. The molecule has 1 aliphatic carbocycles. The molecule has 5 nitrogen and oxygen atoms in total. The first-order chi connectivity index (χ1) is 20.4. The van der Waals surface area contributed by atoms with Crippen molar-refractivity contribution in [2.24, 2.45) is 11.8 Å². The van der Waals surface area contributed by atoms with E-state index < -0.39 is 36.6 Å². The zero-order chi connectivity index (χ0) is 29.4. The van der Waals surface area contributed by atoms with Crippen molar-refractivity contribution in [1.82, 2.24) is 0 Å². The molecule has 0 amide bonds. The van der Waals surface area contributed by atoms with Crippen molar-refractivity contribution >= 4 is 11.9 Å². The third-order valence-electron chi connectivity index (χ3n) is 7.70. The lowest BCUT2D eigenvalue weighted by Gasteiger charge is -2.24. The standard InChI is InChI=1S/C35H34F2O5/c36-35(37,24-40-28-13-7-4-8-14-28)22-21-30-29-15-9-1-2-10-16-33(38)41-31(29)23-32(30)42-34(39)27-19-17-26(18-20-27)25-11-5-3-6-12-25/h1,3-9,11-14,17-22,29-32H,2,10,15-16,23-24H2/t29-,30-,31+,32-/m1/s1. The fourth-order valence-corrected chi connectivity index (χ4v) is 5.52. The topological polar surface area (TPSA) is 61.8 Å². The molecule has 0 spiro atoms. The van der Waals surface area contributed by atoms with E-state index in [0.717, 1.165) is 23.6 Å². The summed E-state index contributed by atoms with van der Waals surface area (Å²) in [5.74, 6) is -4.69. The first-order valence-corrected chi connectivity index (χ1v) is 14.3. The van der Waals surface area contributed by atoms with E-state index in [1.165, 1.54) is 6.08 Å². The van der Waals surface area contributed by atoms with Crippen LogP contribution in [-0.4, -0.2) is 36.7 Å². The van der Waals surface area contributed by atoms with Gasteiger partial charge in [-0.25, -0.2) is 4.79 Å². The molecule has 3 aromatic rings. The average molecular weight is 573 g/mol. The van der Waals surface area contributed by atoms with Crippen LogP contribution in [0.25, 0.3) is 11.1 Å². The predicted octanol–water partition coefficient (Wildman–Crippen LogP) is 7.83. The number of halogens is 2. The van der Waals surface area contributed by atoms with Crippen molar-refractivity contribution in [3.63, 3.8) is 0 Å². The minimum absolute atomic E-state index is 0.235. The van der Waals surface area contributed by atoms with Gasteiger partial charge in [0.05, 0.1) is 5.56 Å². The van der Waals surface area contributed by atoms with E-state index in [2.05, 4.69) is 0 Å². The van der Waals surface area contributed by atoms with Crippen LogP contribution in [0, 0.1) is 11.8 Å². The van der Waals surface area contributed by atoms with E-state index in [9.17, 15) is 18.4 Å². The first-order valence-electron chi connectivity index (χ1n) is 14.3. The van der Waals surface area contributed by atoms with E-state index in [-0.39, 0.29) is 24.7 Å². The molecule has 1 heterocycles. The minimum Gasteiger partial charge on any atom is -0.487 e. The lowest BCUT2D eigenvalue weighted by atomic mass is 9.89. The average Bonchev–Trinajstić information content (AvgIpc) is 3.33. The van der Waals surface area contributed by atoms with Gasteiger partial charge in [-0.05, 0) is 60.7 Å². The van der Waals surface area contributed by atoms with Crippen molar-refractivity contribution in [3.8, 4) is 16.9 Å². The summed E-state index contributed by atoms with van der Waals surface area (Å²) in [4.78, 5) is 25.7. The molecule has 0 radical (unpaired) electrons. The summed E-state index contributed by atoms with van der Waals surface area (Å²) in [6, 6.07) is 25.3. The number of fused-ring (bicyclic) bond motifs is 1. The highest BCUT2D eigenvalue weighted by atomic mass is 19.3. The van der Waals surface area contributed by atoms with Crippen LogP contribution in [0.15, 0.2) is 109 Å². The Bertz CT molecular complexity index is 1390. The van der Waals surface area contributed by atoms with Gasteiger partial charge in [0.25, 0.3) is 5.92 Å². The lowest BCUT2D eigenvalue weighted by Crippen LogP contribution is -2.28. The minimum atomic E-state index is -3.27. The first kappa shape index (κ1) is 29.2. The largest absolute Gasteiger partial charge is 0.487 e. The second kappa shape index (κ2) is 13.6. The molecule has 1 fully saturated rings. The monoisotopic (exact) mass is 572 g/mol. The fraction of sp³-hybridized carbons (Fsp3) is 0.314. The van der Waals surface area contributed by atoms with Crippen LogP contribution in [0.5, 0.6) is 5.75 Å². The molecule has 0 saturated heterocycles. The number of hydrogen-bond donors (Lipinski definition) is 0. The van der Waals surface area contributed by atoms with Gasteiger partial charge >= 0.3 is 11.9 Å². The van der Waals surface area contributed by atoms with Crippen LogP contribution < -0.4 is 4.74 Å². The Morgan fingerprint density at radius 3 is 2.36 bits per heavy atom. The zero-order valence-corrected chi connectivity index (χ0v) is 23.2. The number of para-hydroxylation sites is 1. The summed E-state index contributed by atoms with van der Waals surface area (Å²) in [7, 11) is 0. The maximum atomic E-state index is 14.9. The van der Waals surface area contributed by atoms with Gasteiger partial charge in [-0.15, -0.1) is 0 Å². The number of ether oxygens (including phenoxy) is 3. The van der Waals surface area contributed by atoms with E-state index in [0.29, 0.717) is 24.2 Å². The van der Waals surface area contributed by atoms with E-state index in [4.69, 9.17) is 14.2 Å². The Hall–Kier alpha value is -4.26. The number of allylic oxidation sites excluding steroid dienone is 2. The van der Waals surface area contributed by atoms with Gasteiger partial charge in [0.15, 0.2) is 6.61 Å². The number of carbonyl (C=O) groups is 2. The molecule has 5 rings (SSSR count). The number of carbonyl (C=O) groups excluding carboxylic acids is 2. The van der Waals surface area contributed by atoms with Gasteiger partial charge in [0.2, 0.25) is 0 Å². The molecule has 4 atom stereocenters. The highest BCUT2D eigenvalue weighted by molar-refractivity contribution is 5.90. The number of benzene rings is 3. The molecule has 1 aliphatic heterocycles. The SMILES string of the molecule is O=C1CCCC=CC[C@@H]2[C@@H](C=CC(F)(F)COc3ccccc3)[C@H](OC(=O)c3ccc(-c4ccccc4)cc3)C[C@@H]2O1. The Kier molecular flexibility index (Phi) is 9.47. The molecule has 0 bridgehead atoms. The molecule has 0 aromatic heterocycles. The molecule has 1 saturated carbocycles. The molecule has 7 heteroatoms. The van der Waals surface area contributed by atoms with Crippen LogP contribution in [-0.2, 0) is 14.3 Å². The Labute approximate surface area is 244 Å². The molecular weight excluding hydrogens is 538 g/mol. The van der Waals surface area contributed by atoms with Gasteiger partial charge in [-0.2, -0.15) is 8.78 Å². The van der Waals surface area contributed by atoms with Crippen LogP contribution in [0.3, 0.4) is 0 Å². The maximum Gasteiger partial charge on any atom is 0.338 e.